The number of ether oxygens (including phenoxy) is 2. The molecule has 1 aromatic heterocycles. The SMILES string of the molecule is COCCN1CCC(COC(=O)Nc2ccccc2-c2nc(C)no2)CC1. The Labute approximate surface area is 158 Å². The molecule has 146 valence electrons. The van der Waals surface area contributed by atoms with Crippen molar-refractivity contribution in [2.75, 3.05) is 45.3 Å². The van der Waals surface area contributed by atoms with Crippen LogP contribution in [-0.4, -0.2) is 61.1 Å². The molecule has 0 aliphatic carbocycles. The molecule has 1 aliphatic rings. The molecule has 0 spiro atoms. The molecule has 2 heterocycles. The molecule has 0 radical (unpaired) electrons. The summed E-state index contributed by atoms with van der Waals surface area (Å²) in [4.78, 5) is 18.8. The second kappa shape index (κ2) is 9.48. The van der Waals surface area contributed by atoms with Crippen LogP contribution in [-0.2, 0) is 9.47 Å². The molecule has 8 heteroatoms. The van der Waals surface area contributed by atoms with Crippen LogP contribution in [0.15, 0.2) is 28.8 Å². The van der Waals surface area contributed by atoms with E-state index in [2.05, 4.69) is 20.4 Å². The van der Waals surface area contributed by atoms with Gasteiger partial charge in [0.25, 0.3) is 5.89 Å². The second-order valence-corrected chi connectivity index (χ2v) is 6.69. The number of rotatable bonds is 7. The van der Waals surface area contributed by atoms with Crippen LogP contribution in [0.4, 0.5) is 10.5 Å². The molecule has 1 N–H and O–H groups in total. The molecule has 1 fully saturated rings. The lowest BCUT2D eigenvalue weighted by Crippen LogP contribution is -2.37. The molecule has 1 amide bonds. The number of nitrogens with one attached hydrogen (secondary N) is 1. The highest BCUT2D eigenvalue weighted by molar-refractivity contribution is 5.90. The number of aromatic nitrogens is 2. The van der Waals surface area contributed by atoms with Crippen molar-refractivity contribution in [2.45, 2.75) is 19.8 Å². The third-order valence-corrected chi connectivity index (χ3v) is 4.69. The smallest absolute Gasteiger partial charge is 0.411 e. The molecule has 2 aromatic rings. The summed E-state index contributed by atoms with van der Waals surface area (Å²) >= 11 is 0. The Bertz CT molecular complexity index is 741. The van der Waals surface area contributed by atoms with Crippen molar-refractivity contribution in [1.29, 1.82) is 0 Å². The van der Waals surface area contributed by atoms with Gasteiger partial charge in [-0.15, -0.1) is 0 Å². The number of methoxy groups -OCH3 is 1. The summed E-state index contributed by atoms with van der Waals surface area (Å²) in [5, 5.41) is 6.57. The maximum Gasteiger partial charge on any atom is 0.411 e. The fourth-order valence-corrected chi connectivity index (χ4v) is 3.12. The summed E-state index contributed by atoms with van der Waals surface area (Å²) in [7, 11) is 1.72. The first-order valence-electron chi connectivity index (χ1n) is 9.20. The van der Waals surface area contributed by atoms with Gasteiger partial charge in [-0.1, -0.05) is 17.3 Å². The maximum absolute atomic E-state index is 12.2. The van der Waals surface area contributed by atoms with Gasteiger partial charge in [-0.05, 0) is 50.9 Å². The number of nitrogens with zero attached hydrogens (tertiary/aromatic N) is 3. The monoisotopic (exact) mass is 374 g/mol. The zero-order chi connectivity index (χ0) is 19.1. The molecule has 1 saturated heterocycles. The average molecular weight is 374 g/mol. The average Bonchev–Trinajstić information content (AvgIpc) is 3.12. The van der Waals surface area contributed by atoms with Crippen molar-refractivity contribution in [3.8, 4) is 11.5 Å². The summed E-state index contributed by atoms with van der Waals surface area (Å²) in [5.74, 6) is 1.30. The Hall–Kier alpha value is -2.45. The summed E-state index contributed by atoms with van der Waals surface area (Å²) in [6, 6.07) is 7.28. The lowest BCUT2D eigenvalue weighted by atomic mass is 9.98. The topological polar surface area (TPSA) is 89.7 Å². The Morgan fingerprint density at radius 1 is 1.33 bits per heavy atom. The highest BCUT2D eigenvalue weighted by atomic mass is 16.5. The van der Waals surface area contributed by atoms with E-state index in [1.54, 1.807) is 20.1 Å². The summed E-state index contributed by atoms with van der Waals surface area (Å²) < 4.78 is 15.8. The van der Waals surface area contributed by atoms with E-state index in [9.17, 15) is 4.79 Å². The Kier molecular flexibility index (Phi) is 6.78. The zero-order valence-corrected chi connectivity index (χ0v) is 15.8. The molecule has 0 unspecified atom stereocenters. The van der Waals surface area contributed by atoms with Crippen LogP contribution in [0.2, 0.25) is 0 Å². The molecular weight excluding hydrogens is 348 g/mol. The third kappa shape index (κ3) is 5.51. The number of carbonyl (C=O) groups is 1. The molecule has 1 aliphatic heterocycles. The van der Waals surface area contributed by atoms with Crippen molar-refractivity contribution >= 4 is 11.8 Å². The third-order valence-electron chi connectivity index (χ3n) is 4.69. The number of hydrogen-bond acceptors (Lipinski definition) is 7. The van der Waals surface area contributed by atoms with Crippen LogP contribution in [0, 0.1) is 12.8 Å². The van der Waals surface area contributed by atoms with Crippen molar-refractivity contribution in [1.82, 2.24) is 15.0 Å². The van der Waals surface area contributed by atoms with Gasteiger partial charge in [0.15, 0.2) is 5.82 Å². The minimum absolute atomic E-state index is 0.367. The molecule has 8 nitrogen and oxygen atoms in total. The van der Waals surface area contributed by atoms with Gasteiger partial charge in [-0.2, -0.15) is 4.98 Å². The van der Waals surface area contributed by atoms with Crippen LogP contribution in [0.1, 0.15) is 18.7 Å². The van der Waals surface area contributed by atoms with Gasteiger partial charge in [0, 0.05) is 13.7 Å². The lowest BCUT2D eigenvalue weighted by molar-refractivity contribution is 0.0886. The highest BCUT2D eigenvalue weighted by Gasteiger charge is 2.21. The first kappa shape index (κ1) is 19.3. The standard InChI is InChI=1S/C19H26N4O4/c1-14-20-18(27-22-14)16-5-3-4-6-17(16)21-19(24)26-13-15-7-9-23(10-8-15)11-12-25-2/h3-6,15H,7-13H2,1-2H3,(H,21,24). The van der Waals surface area contributed by atoms with Crippen molar-refractivity contribution in [3.63, 3.8) is 0 Å². The number of anilines is 1. The largest absolute Gasteiger partial charge is 0.449 e. The fourth-order valence-electron chi connectivity index (χ4n) is 3.12. The fraction of sp³-hybridized carbons (Fsp3) is 0.526. The predicted molar refractivity (Wildman–Crippen MR) is 100 cm³/mol. The number of benzene rings is 1. The summed E-state index contributed by atoms with van der Waals surface area (Å²) in [5.41, 5.74) is 1.25. The van der Waals surface area contributed by atoms with Crippen molar-refractivity contribution < 1.29 is 18.8 Å². The Balaban J connectivity index is 1.48. The van der Waals surface area contributed by atoms with Crippen LogP contribution in [0.3, 0.4) is 0 Å². The van der Waals surface area contributed by atoms with E-state index in [0.717, 1.165) is 39.1 Å². The molecular formula is C19H26N4O4. The van der Waals surface area contributed by atoms with E-state index in [-0.39, 0.29) is 0 Å². The second-order valence-electron chi connectivity index (χ2n) is 6.69. The number of piperidine rings is 1. The van der Waals surface area contributed by atoms with Gasteiger partial charge in [0.1, 0.15) is 0 Å². The zero-order valence-electron chi connectivity index (χ0n) is 15.8. The van der Waals surface area contributed by atoms with E-state index in [4.69, 9.17) is 14.0 Å². The van der Waals surface area contributed by atoms with Crippen LogP contribution >= 0.6 is 0 Å². The van der Waals surface area contributed by atoms with E-state index in [0.29, 0.717) is 35.5 Å². The first-order valence-corrected chi connectivity index (χ1v) is 9.20. The molecule has 0 atom stereocenters. The van der Waals surface area contributed by atoms with Gasteiger partial charge in [0.05, 0.1) is 24.5 Å². The highest BCUT2D eigenvalue weighted by Crippen LogP contribution is 2.26. The number of carbonyl (C=O) groups excluding carboxylic acids is 1. The molecule has 0 saturated carbocycles. The summed E-state index contributed by atoms with van der Waals surface area (Å²) in [6.45, 7) is 5.90. The molecule has 3 rings (SSSR count). The minimum Gasteiger partial charge on any atom is -0.449 e. The van der Waals surface area contributed by atoms with Crippen LogP contribution in [0.5, 0.6) is 0 Å². The molecule has 0 bridgehead atoms. The van der Waals surface area contributed by atoms with Gasteiger partial charge in [0.2, 0.25) is 0 Å². The van der Waals surface area contributed by atoms with E-state index in [1.807, 2.05) is 18.2 Å². The van der Waals surface area contributed by atoms with E-state index < -0.39 is 6.09 Å². The number of hydrogen-bond donors (Lipinski definition) is 1. The Morgan fingerprint density at radius 3 is 2.81 bits per heavy atom. The maximum atomic E-state index is 12.2. The molecule has 27 heavy (non-hydrogen) atoms. The lowest BCUT2D eigenvalue weighted by Gasteiger charge is -2.31. The van der Waals surface area contributed by atoms with Crippen LogP contribution < -0.4 is 5.32 Å². The van der Waals surface area contributed by atoms with Crippen LogP contribution in [0.25, 0.3) is 11.5 Å². The number of para-hydroxylation sites is 1. The van der Waals surface area contributed by atoms with E-state index >= 15 is 0 Å². The Morgan fingerprint density at radius 2 is 2.11 bits per heavy atom. The van der Waals surface area contributed by atoms with Gasteiger partial charge in [-0.3, -0.25) is 5.32 Å². The van der Waals surface area contributed by atoms with Crippen molar-refractivity contribution in [2.24, 2.45) is 5.92 Å². The quantitative estimate of drug-likeness (QED) is 0.797. The van der Waals surface area contributed by atoms with E-state index in [1.165, 1.54) is 0 Å². The first-order chi connectivity index (χ1) is 13.2. The minimum atomic E-state index is -0.472. The van der Waals surface area contributed by atoms with Crippen molar-refractivity contribution in [3.05, 3.63) is 30.1 Å². The van der Waals surface area contributed by atoms with Gasteiger partial charge >= 0.3 is 6.09 Å². The number of aryl methyl sites for hydroxylation is 1. The number of amides is 1. The predicted octanol–water partition coefficient (Wildman–Crippen LogP) is 2.95. The molecule has 1 aromatic carbocycles. The summed E-state index contributed by atoms with van der Waals surface area (Å²) in [6.07, 6.45) is 1.57. The normalized spacial score (nSPS) is 15.6. The number of likely N-dealkylation sites (tertiary alicyclic amines) is 1. The van der Waals surface area contributed by atoms with Gasteiger partial charge < -0.3 is 18.9 Å². The van der Waals surface area contributed by atoms with Gasteiger partial charge in [-0.25, -0.2) is 4.79 Å².